The number of imide groups is 1. The van der Waals surface area contributed by atoms with E-state index in [0.29, 0.717) is 4.90 Å². The van der Waals surface area contributed by atoms with Crippen molar-refractivity contribution in [2.24, 2.45) is 0 Å². The summed E-state index contributed by atoms with van der Waals surface area (Å²) in [6, 6.07) is -1.44. The van der Waals surface area contributed by atoms with Gasteiger partial charge in [0.1, 0.15) is 23.9 Å². The standard InChI is InChI=1S/C19H31NO8/c1-9-12-26-15(22)13(10-11-14(21)25-8)20(16(23)27-18(2,3)4)17(24)28-19(5,6)7/h9,13H,1,10-12H2,2-8H3. The van der Waals surface area contributed by atoms with Crippen LogP contribution >= 0.6 is 0 Å². The van der Waals surface area contributed by atoms with Crippen molar-refractivity contribution in [1.29, 1.82) is 0 Å². The zero-order valence-electron chi connectivity index (χ0n) is 17.7. The summed E-state index contributed by atoms with van der Waals surface area (Å²) < 4.78 is 20.1. The summed E-state index contributed by atoms with van der Waals surface area (Å²) in [5, 5.41) is 0. The van der Waals surface area contributed by atoms with Gasteiger partial charge in [0.05, 0.1) is 7.11 Å². The lowest BCUT2D eigenvalue weighted by molar-refractivity contribution is -0.149. The van der Waals surface area contributed by atoms with Crippen molar-refractivity contribution in [2.75, 3.05) is 13.7 Å². The molecule has 0 heterocycles. The lowest BCUT2D eigenvalue weighted by atomic mass is 10.1. The smallest absolute Gasteiger partial charge is 0.420 e. The predicted octanol–water partition coefficient (Wildman–Crippen LogP) is 3.21. The van der Waals surface area contributed by atoms with Crippen molar-refractivity contribution in [3.8, 4) is 0 Å². The molecule has 0 aromatic carbocycles. The van der Waals surface area contributed by atoms with Crippen LogP contribution in [-0.4, -0.2) is 60.0 Å². The molecule has 1 unspecified atom stereocenters. The summed E-state index contributed by atoms with van der Waals surface area (Å²) in [7, 11) is 1.19. The lowest BCUT2D eigenvalue weighted by Crippen LogP contribution is -2.52. The van der Waals surface area contributed by atoms with Gasteiger partial charge >= 0.3 is 24.1 Å². The van der Waals surface area contributed by atoms with Gasteiger partial charge in [0, 0.05) is 6.42 Å². The average Bonchev–Trinajstić information content (AvgIpc) is 2.52. The molecule has 0 saturated heterocycles. The molecule has 1 atom stereocenters. The zero-order valence-corrected chi connectivity index (χ0v) is 17.7. The second-order valence-corrected chi connectivity index (χ2v) is 7.88. The highest BCUT2D eigenvalue weighted by Crippen LogP contribution is 2.20. The molecule has 0 aliphatic rings. The fourth-order valence-corrected chi connectivity index (χ4v) is 1.90. The first-order chi connectivity index (χ1) is 12.7. The molecule has 2 amide bonds. The van der Waals surface area contributed by atoms with Crippen molar-refractivity contribution in [3.05, 3.63) is 12.7 Å². The van der Waals surface area contributed by atoms with Gasteiger partial charge in [-0.25, -0.2) is 14.4 Å². The minimum absolute atomic E-state index is 0.135. The van der Waals surface area contributed by atoms with Gasteiger partial charge < -0.3 is 18.9 Å². The van der Waals surface area contributed by atoms with Gasteiger partial charge in [-0.3, -0.25) is 4.79 Å². The first-order valence-electron chi connectivity index (χ1n) is 8.81. The van der Waals surface area contributed by atoms with E-state index in [9.17, 15) is 19.2 Å². The molecular formula is C19H31NO8. The SMILES string of the molecule is C=CCOC(=O)C(CCC(=O)OC)N(C(=O)OC(C)(C)C)C(=O)OC(C)(C)C. The van der Waals surface area contributed by atoms with Crippen molar-refractivity contribution in [1.82, 2.24) is 4.90 Å². The average molecular weight is 401 g/mol. The van der Waals surface area contributed by atoms with E-state index in [1.165, 1.54) is 13.2 Å². The van der Waals surface area contributed by atoms with Gasteiger partial charge in [-0.15, -0.1) is 0 Å². The summed E-state index contributed by atoms with van der Waals surface area (Å²) in [6.07, 6.45) is -1.30. The van der Waals surface area contributed by atoms with Crippen molar-refractivity contribution in [3.63, 3.8) is 0 Å². The lowest BCUT2D eigenvalue weighted by Gasteiger charge is -2.32. The Kier molecular flexibility index (Phi) is 9.69. The summed E-state index contributed by atoms with van der Waals surface area (Å²) in [4.78, 5) is 49.9. The number of carbonyl (C=O) groups excluding carboxylic acids is 4. The van der Waals surface area contributed by atoms with Crippen LogP contribution in [0, 0.1) is 0 Å². The molecule has 9 nitrogen and oxygen atoms in total. The molecule has 0 bridgehead atoms. The molecular weight excluding hydrogens is 370 g/mol. The summed E-state index contributed by atoms with van der Waals surface area (Å²) in [5.41, 5.74) is -1.87. The molecule has 0 fully saturated rings. The van der Waals surface area contributed by atoms with E-state index in [1.54, 1.807) is 41.5 Å². The molecule has 0 radical (unpaired) electrons. The van der Waals surface area contributed by atoms with E-state index in [4.69, 9.17) is 14.2 Å². The highest BCUT2D eigenvalue weighted by atomic mass is 16.6. The number of hydrogen-bond acceptors (Lipinski definition) is 8. The molecule has 0 saturated carbocycles. The van der Waals surface area contributed by atoms with Gasteiger partial charge in [-0.05, 0) is 48.0 Å². The topological polar surface area (TPSA) is 108 Å². The second-order valence-electron chi connectivity index (χ2n) is 7.88. The highest BCUT2D eigenvalue weighted by Gasteiger charge is 2.41. The van der Waals surface area contributed by atoms with Crippen LogP contribution < -0.4 is 0 Å². The fourth-order valence-electron chi connectivity index (χ4n) is 1.90. The first-order valence-corrected chi connectivity index (χ1v) is 8.81. The molecule has 0 spiro atoms. The minimum atomic E-state index is -1.44. The molecule has 0 aromatic rings. The van der Waals surface area contributed by atoms with Gasteiger partial charge in [-0.1, -0.05) is 12.7 Å². The number of hydrogen-bond donors (Lipinski definition) is 0. The Hall–Kier alpha value is -2.58. The fraction of sp³-hybridized carbons (Fsp3) is 0.684. The molecule has 0 N–H and O–H groups in total. The Morgan fingerprint density at radius 3 is 1.79 bits per heavy atom. The molecule has 0 rings (SSSR count). The molecule has 28 heavy (non-hydrogen) atoms. The highest BCUT2D eigenvalue weighted by molar-refractivity contribution is 5.94. The van der Waals surface area contributed by atoms with E-state index < -0.39 is 41.4 Å². The minimum Gasteiger partial charge on any atom is -0.469 e. The predicted molar refractivity (Wildman–Crippen MR) is 101 cm³/mol. The van der Waals surface area contributed by atoms with E-state index in [-0.39, 0.29) is 19.4 Å². The number of rotatable bonds is 7. The third kappa shape index (κ3) is 9.94. The van der Waals surface area contributed by atoms with Crippen molar-refractivity contribution >= 4 is 24.1 Å². The summed E-state index contributed by atoms with van der Waals surface area (Å²) >= 11 is 0. The number of esters is 2. The molecule has 160 valence electrons. The maximum atomic E-state index is 12.7. The van der Waals surface area contributed by atoms with Gasteiger partial charge in [0.2, 0.25) is 0 Å². The largest absolute Gasteiger partial charge is 0.469 e. The molecule has 0 aliphatic heterocycles. The van der Waals surface area contributed by atoms with E-state index in [2.05, 4.69) is 11.3 Å². The quantitative estimate of drug-likeness (QED) is 0.363. The Morgan fingerprint density at radius 2 is 1.43 bits per heavy atom. The normalized spacial score (nSPS) is 12.4. The van der Waals surface area contributed by atoms with Crippen LogP contribution in [-0.2, 0) is 28.5 Å². The monoisotopic (exact) mass is 401 g/mol. The third-order valence-corrected chi connectivity index (χ3v) is 2.96. The van der Waals surface area contributed by atoms with Gasteiger partial charge in [-0.2, -0.15) is 4.90 Å². The van der Waals surface area contributed by atoms with Crippen LogP contribution in [0.1, 0.15) is 54.4 Å². The second kappa shape index (κ2) is 10.7. The van der Waals surface area contributed by atoms with Crippen LogP contribution in [0.5, 0.6) is 0 Å². The van der Waals surface area contributed by atoms with Crippen LogP contribution in [0.25, 0.3) is 0 Å². The maximum Gasteiger partial charge on any atom is 0.420 e. The Balaban J connectivity index is 5.90. The third-order valence-electron chi connectivity index (χ3n) is 2.96. The summed E-state index contributed by atoms with van der Waals surface area (Å²) in [6.45, 7) is 13.0. The number of carbonyl (C=O) groups is 4. The van der Waals surface area contributed by atoms with Crippen LogP contribution in [0.4, 0.5) is 9.59 Å². The van der Waals surface area contributed by atoms with Crippen LogP contribution in [0.2, 0.25) is 0 Å². The van der Waals surface area contributed by atoms with E-state index >= 15 is 0 Å². The Labute approximate surface area is 165 Å². The van der Waals surface area contributed by atoms with E-state index in [0.717, 1.165) is 0 Å². The Bertz CT molecular complexity index is 558. The van der Waals surface area contributed by atoms with Gasteiger partial charge in [0.25, 0.3) is 0 Å². The molecule has 0 aromatic heterocycles. The first kappa shape index (κ1) is 25.4. The Morgan fingerprint density at radius 1 is 0.964 bits per heavy atom. The molecule has 0 aliphatic carbocycles. The number of amides is 2. The van der Waals surface area contributed by atoms with Crippen molar-refractivity contribution < 1.29 is 38.1 Å². The van der Waals surface area contributed by atoms with Gasteiger partial charge in [0.15, 0.2) is 0 Å². The number of methoxy groups -OCH3 is 1. The number of ether oxygens (including phenoxy) is 4. The maximum absolute atomic E-state index is 12.7. The molecule has 9 heteroatoms. The van der Waals surface area contributed by atoms with E-state index in [1.807, 2.05) is 0 Å². The zero-order chi connectivity index (χ0) is 22.1. The number of nitrogens with zero attached hydrogens (tertiary/aromatic N) is 1. The van der Waals surface area contributed by atoms with Crippen LogP contribution in [0.3, 0.4) is 0 Å². The van der Waals surface area contributed by atoms with Crippen molar-refractivity contribution in [2.45, 2.75) is 71.6 Å². The van der Waals surface area contributed by atoms with Crippen LogP contribution in [0.15, 0.2) is 12.7 Å². The summed E-state index contributed by atoms with van der Waals surface area (Å²) in [5.74, 6) is -1.52.